The fourth-order valence-corrected chi connectivity index (χ4v) is 14.1. The average molecular weight is 1480 g/mol. The maximum Gasteiger partial charge on any atom is 0.472 e. The summed E-state index contributed by atoms with van der Waals surface area (Å²) in [6.07, 6.45) is 58.3. The largest absolute Gasteiger partial charge is 0.472 e. The van der Waals surface area contributed by atoms with E-state index in [0.717, 1.165) is 120 Å². The van der Waals surface area contributed by atoms with Crippen LogP contribution in [0.4, 0.5) is 0 Å². The highest BCUT2D eigenvalue weighted by Gasteiger charge is 2.30. The van der Waals surface area contributed by atoms with Crippen LogP contribution in [0.2, 0.25) is 0 Å². The molecule has 7 atom stereocenters. The molecule has 0 heterocycles. The molecule has 0 aromatic carbocycles. The summed E-state index contributed by atoms with van der Waals surface area (Å²) >= 11 is 0. The van der Waals surface area contributed by atoms with Gasteiger partial charge >= 0.3 is 39.5 Å². The maximum atomic E-state index is 13.1. The summed E-state index contributed by atoms with van der Waals surface area (Å²) in [5.41, 5.74) is 0. The molecule has 0 saturated heterocycles. The number of unbranched alkanes of at least 4 members (excludes halogenated alkanes) is 43. The predicted octanol–water partition coefficient (Wildman–Crippen LogP) is 24.4. The number of rotatable bonds is 79. The summed E-state index contributed by atoms with van der Waals surface area (Å²) in [5.74, 6) is 1.02. The first-order valence-electron chi connectivity index (χ1n) is 42.3. The Morgan fingerprint density at radius 2 is 0.475 bits per heavy atom. The van der Waals surface area contributed by atoms with Crippen LogP contribution in [0, 0.1) is 23.7 Å². The second-order valence-corrected chi connectivity index (χ2v) is 33.9. The van der Waals surface area contributed by atoms with Gasteiger partial charge in [-0.25, -0.2) is 9.13 Å². The van der Waals surface area contributed by atoms with Gasteiger partial charge in [0.2, 0.25) is 0 Å². The first-order valence-corrected chi connectivity index (χ1v) is 45.3. The van der Waals surface area contributed by atoms with Crippen LogP contribution < -0.4 is 0 Å². The second kappa shape index (κ2) is 71.0. The van der Waals surface area contributed by atoms with Crippen LogP contribution >= 0.6 is 15.6 Å². The summed E-state index contributed by atoms with van der Waals surface area (Å²) in [6.45, 7) is 14.3. The van der Waals surface area contributed by atoms with Crippen molar-refractivity contribution in [2.24, 2.45) is 23.7 Å². The molecule has 0 aromatic heterocycles. The molecule has 17 nitrogen and oxygen atoms in total. The van der Waals surface area contributed by atoms with Gasteiger partial charge in [0, 0.05) is 25.7 Å². The highest BCUT2D eigenvalue weighted by atomic mass is 31.2. The Morgan fingerprint density at radius 1 is 0.277 bits per heavy atom. The van der Waals surface area contributed by atoms with Crippen molar-refractivity contribution in [3.8, 4) is 0 Å². The SMILES string of the molecule is CCC(C)CCCCCCCCCCC(=O)OC[C@H](COP(=O)(O)OC[C@@H](O)COP(=O)(O)OC[C@@H](COC(=O)CCCCCCCCC(C)CC)OC(=O)CCCCCCCCCCCCCCCCCCCCC(C)C)OC(=O)CCCCCCCCCCCCCCCCCC(C)C. The van der Waals surface area contributed by atoms with Gasteiger partial charge in [0.05, 0.1) is 26.4 Å². The Bertz CT molecular complexity index is 1980. The fourth-order valence-electron chi connectivity index (χ4n) is 12.5. The lowest BCUT2D eigenvalue weighted by molar-refractivity contribution is -0.161. The average Bonchev–Trinajstić information content (AvgIpc) is 0.951. The molecule has 0 aliphatic heterocycles. The number of phosphoric acid groups is 2. The van der Waals surface area contributed by atoms with Crippen LogP contribution in [0.1, 0.15) is 421 Å². The fraction of sp³-hybridized carbons (Fsp3) is 0.951. The van der Waals surface area contributed by atoms with Gasteiger partial charge in [-0.1, -0.05) is 370 Å². The van der Waals surface area contributed by atoms with Gasteiger partial charge in [0.15, 0.2) is 12.2 Å². The van der Waals surface area contributed by atoms with Crippen LogP contribution in [0.15, 0.2) is 0 Å². The summed E-state index contributed by atoms with van der Waals surface area (Å²) in [5, 5.41) is 10.6. The van der Waals surface area contributed by atoms with Gasteiger partial charge in [-0.15, -0.1) is 0 Å². The third-order valence-electron chi connectivity index (χ3n) is 19.8. The second-order valence-electron chi connectivity index (χ2n) is 31.0. The minimum absolute atomic E-state index is 0.107. The van der Waals surface area contributed by atoms with Crippen molar-refractivity contribution in [1.29, 1.82) is 0 Å². The van der Waals surface area contributed by atoms with Gasteiger partial charge in [-0.05, 0) is 49.4 Å². The normalized spacial score (nSPS) is 14.5. The molecule has 0 aliphatic rings. The van der Waals surface area contributed by atoms with Crippen LogP contribution in [0.3, 0.4) is 0 Å². The Balaban J connectivity index is 5.20. The van der Waals surface area contributed by atoms with E-state index in [4.69, 9.17) is 37.0 Å². The standard InChI is InChI=1S/C82H160O17P2/c1-9-74(7)60-52-44-36-32-33-37-46-54-62-79(84)92-68-77(98-81(86)64-57-49-39-31-27-23-19-15-17-21-25-29-35-43-51-59-73(5)6)70-96-100(88,89)94-66-76(83)67-95-101(90,91)97-71-78(69-93-80(85)63-55-47-41-40-45-53-61-75(8)10-2)99-82(87)65-56-48-38-30-26-22-18-14-12-11-13-16-20-24-28-34-42-50-58-72(3)4/h72-78,83H,9-71H2,1-8H3,(H,88,89)(H,90,91)/t74?,75?,76-,77-,78-/m1/s1. The van der Waals surface area contributed by atoms with Crippen molar-refractivity contribution in [3.63, 3.8) is 0 Å². The number of carbonyl (C=O) groups excluding carboxylic acids is 4. The number of aliphatic hydroxyl groups is 1. The summed E-state index contributed by atoms with van der Waals surface area (Å²) in [6, 6.07) is 0. The van der Waals surface area contributed by atoms with Gasteiger partial charge in [-0.3, -0.25) is 37.3 Å². The lowest BCUT2D eigenvalue weighted by Crippen LogP contribution is -2.30. The molecular formula is C82H160O17P2. The monoisotopic (exact) mass is 1480 g/mol. The quantitative estimate of drug-likeness (QED) is 0.0222. The minimum Gasteiger partial charge on any atom is -0.462 e. The number of aliphatic hydroxyl groups excluding tert-OH is 1. The van der Waals surface area contributed by atoms with Crippen molar-refractivity contribution < 1.29 is 80.2 Å². The molecule has 101 heavy (non-hydrogen) atoms. The topological polar surface area (TPSA) is 237 Å². The third kappa shape index (κ3) is 73.4. The molecule has 0 saturated carbocycles. The molecule has 19 heteroatoms. The van der Waals surface area contributed by atoms with Crippen LogP contribution in [-0.4, -0.2) is 96.7 Å². The molecule has 0 fully saturated rings. The summed E-state index contributed by atoms with van der Waals surface area (Å²) in [4.78, 5) is 73.0. The molecule has 600 valence electrons. The van der Waals surface area contributed by atoms with Crippen molar-refractivity contribution in [2.45, 2.75) is 440 Å². The van der Waals surface area contributed by atoms with E-state index in [1.807, 2.05) is 0 Å². The number of phosphoric ester groups is 2. The van der Waals surface area contributed by atoms with E-state index in [1.165, 1.54) is 218 Å². The molecule has 0 bridgehead atoms. The molecule has 0 amide bonds. The van der Waals surface area contributed by atoms with Crippen LogP contribution in [0.5, 0.6) is 0 Å². The number of carbonyl (C=O) groups is 4. The molecule has 0 aliphatic carbocycles. The molecule has 4 unspecified atom stereocenters. The molecule has 3 N–H and O–H groups in total. The van der Waals surface area contributed by atoms with Crippen LogP contribution in [-0.2, 0) is 65.4 Å². The number of esters is 4. The van der Waals surface area contributed by atoms with E-state index in [-0.39, 0.29) is 25.7 Å². The Morgan fingerprint density at radius 3 is 0.703 bits per heavy atom. The zero-order valence-electron chi connectivity index (χ0n) is 66.5. The van der Waals surface area contributed by atoms with Crippen molar-refractivity contribution in [3.05, 3.63) is 0 Å². The van der Waals surface area contributed by atoms with E-state index in [9.17, 15) is 43.2 Å². The van der Waals surface area contributed by atoms with Crippen molar-refractivity contribution >= 4 is 39.5 Å². The molecular weight excluding hydrogens is 1320 g/mol. The maximum absolute atomic E-state index is 13.1. The minimum atomic E-state index is -4.96. The highest BCUT2D eigenvalue weighted by molar-refractivity contribution is 7.47. The van der Waals surface area contributed by atoms with E-state index in [0.29, 0.717) is 25.7 Å². The van der Waals surface area contributed by atoms with Gasteiger partial charge in [0.1, 0.15) is 19.3 Å². The molecule has 0 radical (unpaired) electrons. The first kappa shape index (κ1) is 99.1. The Kier molecular flexibility index (Phi) is 69.6. The number of hydrogen-bond donors (Lipinski definition) is 3. The Labute approximate surface area is 619 Å². The van der Waals surface area contributed by atoms with E-state index in [2.05, 4.69) is 55.4 Å². The zero-order chi connectivity index (χ0) is 74.6. The predicted molar refractivity (Wildman–Crippen MR) is 414 cm³/mol. The molecule has 0 rings (SSSR count). The summed E-state index contributed by atoms with van der Waals surface area (Å²) < 4.78 is 68.7. The lowest BCUT2D eigenvalue weighted by atomic mass is 9.99. The molecule has 0 aromatic rings. The smallest absolute Gasteiger partial charge is 0.462 e. The van der Waals surface area contributed by atoms with Crippen molar-refractivity contribution in [2.75, 3.05) is 39.6 Å². The van der Waals surface area contributed by atoms with Gasteiger partial charge in [-0.2, -0.15) is 0 Å². The molecule has 0 spiro atoms. The van der Waals surface area contributed by atoms with Crippen molar-refractivity contribution in [1.82, 2.24) is 0 Å². The van der Waals surface area contributed by atoms with E-state index >= 15 is 0 Å². The van der Waals surface area contributed by atoms with Gasteiger partial charge in [0.25, 0.3) is 0 Å². The Hall–Kier alpha value is -1.94. The van der Waals surface area contributed by atoms with Gasteiger partial charge < -0.3 is 33.8 Å². The zero-order valence-corrected chi connectivity index (χ0v) is 68.3. The van der Waals surface area contributed by atoms with E-state index < -0.39 is 97.5 Å². The van der Waals surface area contributed by atoms with E-state index in [1.54, 1.807) is 0 Å². The number of hydrogen-bond acceptors (Lipinski definition) is 15. The first-order chi connectivity index (χ1) is 48.7. The lowest BCUT2D eigenvalue weighted by Gasteiger charge is -2.21. The number of ether oxygens (including phenoxy) is 4. The highest BCUT2D eigenvalue weighted by Crippen LogP contribution is 2.45. The summed E-state index contributed by atoms with van der Waals surface area (Å²) in [7, 11) is -9.92. The van der Waals surface area contributed by atoms with Crippen LogP contribution in [0.25, 0.3) is 0 Å². The third-order valence-corrected chi connectivity index (χ3v) is 21.7.